The number of hydrogen-bond acceptors (Lipinski definition) is 2. The smallest absolute Gasteiger partial charge is 0.262 e. The van der Waals surface area contributed by atoms with E-state index in [9.17, 15) is 4.79 Å². The third kappa shape index (κ3) is 4.04. The van der Waals surface area contributed by atoms with Crippen molar-refractivity contribution in [2.75, 3.05) is 11.9 Å². The first-order chi connectivity index (χ1) is 10.8. The zero-order valence-corrected chi connectivity index (χ0v) is 15.4. The predicted octanol–water partition coefficient (Wildman–Crippen LogP) is 5.93. The molecule has 0 heterocycles. The molecular weight excluding hydrogens is 380 g/mol. The van der Waals surface area contributed by atoms with Crippen LogP contribution in [-0.4, -0.2) is 12.5 Å². The lowest BCUT2D eigenvalue weighted by molar-refractivity contribution is -0.118. The van der Waals surface area contributed by atoms with Gasteiger partial charge in [-0.2, -0.15) is 0 Å². The van der Waals surface area contributed by atoms with E-state index in [1.54, 1.807) is 38.1 Å². The van der Waals surface area contributed by atoms with E-state index >= 15 is 0 Å². The largest absolute Gasteiger partial charge is 0.481 e. The maximum Gasteiger partial charge on any atom is 0.262 e. The monoisotopic (exact) mass is 391 g/mol. The Hall–Kier alpha value is -1.13. The number of benzene rings is 2. The van der Waals surface area contributed by atoms with E-state index in [0.717, 1.165) is 0 Å². The van der Waals surface area contributed by atoms with Crippen LogP contribution in [0.25, 0.3) is 0 Å². The minimum absolute atomic E-state index is 0.238. The Bertz CT molecular complexity index is 733. The molecule has 0 fully saturated rings. The molecule has 0 saturated heterocycles. The van der Waals surface area contributed by atoms with E-state index in [1.807, 2.05) is 0 Å². The molecule has 0 aliphatic rings. The van der Waals surface area contributed by atoms with Crippen molar-refractivity contribution >= 4 is 58.0 Å². The lowest BCUT2D eigenvalue weighted by Gasteiger charge is -2.15. The molecule has 0 spiro atoms. The van der Waals surface area contributed by atoms with Gasteiger partial charge < -0.3 is 10.1 Å². The predicted molar refractivity (Wildman–Crippen MR) is 96.5 cm³/mol. The Morgan fingerprint density at radius 3 is 2.13 bits per heavy atom. The van der Waals surface area contributed by atoms with Crippen molar-refractivity contribution in [3.05, 3.63) is 55.5 Å². The van der Waals surface area contributed by atoms with E-state index in [1.165, 1.54) is 0 Å². The average Bonchev–Trinajstić information content (AvgIpc) is 2.53. The maximum atomic E-state index is 12.0. The van der Waals surface area contributed by atoms with Crippen LogP contribution in [0.2, 0.25) is 20.1 Å². The zero-order valence-electron chi connectivity index (χ0n) is 12.3. The van der Waals surface area contributed by atoms with Crippen molar-refractivity contribution in [2.24, 2.45) is 0 Å². The van der Waals surface area contributed by atoms with Crippen molar-refractivity contribution in [2.45, 2.75) is 13.8 Å². The molecule has 122 valence electrons. The molecule has 7 heteroatoms. The molecule has 0 aromatic heterocycles. The Morgan fingerprint density at radius 2 is 1.57 bits per heavy atom. The number of rotatable bonds is 4. The van der Waals surface area contributed by atoms with Crippen LogP contribution in [-0.2, 0) is 4.79 Å². The fourth-order valence-corrected chi connectivity index (χ4v) is 2.93. The lowest BCUT2D eigenvalue weighted by atomic mass is 10.1. The van der Waals surface area contributed by atoms with Gasteiger partial charge in [-0.3, -0.25) is 4.79 Å². The number of halogens is 4. The number of carbonyl (C=O) groups is 1. The fourth-order valence-electron chi connectivity index (χ4n) is 1.92. The highest BCUT2D eigenvalue weighted by Crippen LogP contribution is 2.42. The summed E-state index contributed by atoms with van der Waals surface area (Å²) >= 11 is 24.5. The Morgan fingerprint density at radius 1 is 1.00 bits per heavy atom. The summed E-state index contributed by atoms with van der Waals surface area (Å²) in [5.41, 5.74) is 1.80. The zero-order chi connectivity index (χ0) is 17.1. The number of nitrogens with one attached hydrogen (secondary N) is 1. The Kier molecular flexibility index (Phi) is 6.04. The van der Waals surface area contributed by atoms with Crippen LogP contribution >= 0.6 is 46.4 Å². The van der Waals surface area contributed by atoms with Gasteiger partial charge >= 0.3 is 0 Å². The van der Waals surface area contributed by atoms with Crippen molar-refractivity contribution in [1.29, 1.82) is 0 Å². The fraction of sp³-hybridized carbons (Fsp3) is 0.188. The quantitative estimate of drug-likeness (QED) is 0.699. The van der Waals surface area contributed by atoms with Crippen LogP contribution in [0.15, 0.2) is 24.3 Å². The highest BCUT2D eigenvalue weighted by atomic mass is 35.5. The van der Waals surface area contributed by atoms with Gasteiger partial charge in [0.1, 0.15) is 0 Å². The van der Waals surface area contributed by atoms with E-state index < -0.39 is 0 Å². The van der Waals surface area contributed by atoms with Crippen LogP contribution in [0, 0.1) is 13.8 Å². The van der Waals surface area contributed by atoms with Crippen LogP contribution in [0.5, 0.6) is 5.75 Å². The number of amides is 1. The molecule has 23 heavy (non-hydrogen) atoms. The number of anilines is 1. The molecule has 2 aromatic rings. The summed E-state index contributed by atoms with van der Waals surface area (Å²) in [5, 5.41) is 4.15. The summed E-state index contributed by atoms with van der Waals surface area (Å²) in [4.78, 5) is 12.0. The van der Waals surface area contributed by atoms with Gasteiger partial charge in [0, 0.05) is 5.02 Å². The minimum atomic E-state index is -0.379. The molecule has 0 aliphatic heterocycles. The molecule has 1 N–H and O–H groups in total. The summed E-state index contributed by atoms with van der Waals surface area (Å²) in [6, 6.07) is 6.91. The van der Waals surface area contributed by atoms with Crippen LogP contribution in [0.4, 0.5) is 5.69 Å². The van der Waals surface area contributed by atoms with Crippen LogP contribution < -0.4 is 10.1 Å². The highest BCUT2D eigenvalue weighted by Gasteiger charge is 2.18. The van der Waals surface area contributed by atoms with Crippen molar-refractivity contribution < 1.29 is 9.53 Å². The first-order valence-corrected chi connectivity index (χ1v) is 8.15. The maximum absolute atomic E-state index is 12.0. The minimum Gasteiger partial charge on any atom is -0.481 e. The molecule has 0 unspecified atom stereocenters. The number of carbonyl (C=O) groups excluding carboxylic acids is 1. The molecule has 0 atom stereocenters. The molecule has 0 bridgehead atoms. The highest BCUT2D eigenvalue weighted by molar-refractivity contribution is 6.42. The number of ether oxygens (including phenoxy) is 1. The van der Waals surface area contributed by atoms with E-state index in [-0.39, 0.29) is 28.3 Å². The first-order valence-electron chi connectivity index (χ1n) is 6.63. The van der Waals surface area contributed by atoms with Gasteiger partial charge in [-0.1, -0.05) is 58.5 Å². The molecular formula is C16H13Cl4NO2. The van der Waals surface area contributed by atoms with Gasteiger partial charge in [0.25, 0.3) is 5.91 Å². The molecule has 0 aliphatic carbocycles. The third-order valence-corrected chi connectivity index (χ3v) is 5.02. The molecule has 0 saturated carbocycles. The summed E-state index contributed by atoms with van der Waals surface area (Å²) in [6.07, 6.45) is 0. The van der Waals surface area contributed by atoms with Crippen LogP contribution in [0.3, 0.4) is 0 Å². The normalized spacial score (nSPS) is 10.5. The molecule has 3 nitrogen and oxygen atoms in total. The standard InChI is InChI=1S/C16H13Cl4NO2/c1-8-13(18)9(2)15(20)16(14(8)19)23-7-12(22)21-11-6-4-3-5-10(11)17/h3-6H,7H2,1-2H3,(H,21,22). The lowest BCUT2D eigenvalue weighted by Crippen LogP contribution is -2.20. The van der Waals surface area contributed by atoms with E-state index in [2.05, 4.69) is 5.32 Å². The summed E-state index contributed by atoms with van der Waals surface area (Å²) in [7, 11) is 0. The number of para-hydroxylation sites is 1. The third-order valence-electron chi connectivity index (χ3n) is 3.21. The Labute approximate surface area is 154 Å². The topological polar surface area (TPSA) is 38.3 Å². The van der Waals surface area contributed by atoms with Crippen molar-refractivity contribution in [3.63, 3.8) is 0 Å². The van der Waals surface area contributed by atoms with Gasteiger partial charge in [0.05, 0.1) is 20.8 Å². The molecule has 2 aromatic carbocycles. The number of hydrogen-bond donors (Lipinski definition) is 1. The van der Waals surface area contributed by atoms with Crippen molar-refractivity contribution in [3.8, 4) is 5.75 Å². The first kappa shape index (κ1) is 18.2. The second kappa shape index (κ2) is 7.63. The summed E-state index contributed by atoms with van der Waals surface area (Å²) in [5.74, 6) is -0.141. The van der Waals surface area contributed by atoms with Gasteiger partial charge in [0.2, 0.25) is 0 Å². The summed E-state index contributed by atoms with van der Waals surface area (Å²) < 4.78 is 5.48. The van der Waals surface area contributed by atoms with Gasteiger partial charge in [-0.25, -0.2) is 0 Å². The summed E-state index contributed by atoms with van der Waals surface area (Å²) in [6.45, 7) is 3.25. The average molecular weight is 393 g/mol. The van der Waals surface area contributed by atoms with Crippen LogP contribution in [0.1, 0.15) is 11.1 Å². The van der Waals surface area contributed by atoms with E-state index in [0.29, 0.717) is 26.9 Å². The second-order valence-corrected chi connectivity index (χ2v) is 6.38. The molecule has 1 amide bonds. The van der Waals surface area contributed by atoms with Gasteiger partial charge in [-0.05, 0) is 37.1 Å². The molecule has 0 radical (unpaired) electrons. The van der Waals surface area contributed by atoms with Gasteiger partial charge in [0.15, 0.2) is 12.4 Å². The Balaban J connectivity index is 2.13. The second-order valence-electron chi connectivity index (χ2n) is 4.84. The SMILES string of the molecule is Cc1c(Cl)c(C)c(Cl)c(OCC(=O)Nc2ccccc2Cl)c1Cl. The van der Waals surface area contributed by atoms with E-state index in [4.69, 9.17) is 51.1 Å². The molecule has 2 rings (SSSR count). The van der Waals surface area contributed by atoms with Gasteiger partial charge in [-0.15, -0.1) is 0 Å². The van der Waals surface area contributed by atoms with Crippen molar-refractivity contribution in [1.82, 2.24) is 0 Å².